The van der Waals surface area contributed by atoms with E-state index in [1.807, 2.05) is 36.4 Å². The van der Waals surface area contributed by atoms with E-state index in [1.165, 1.54) is 0 Å². The van der Waals surface area contributed by atoms with Gasteiger partial charge in [0.05, 0.1) is 32.5 Å². The van der Waals surface area contributed by atoms with Gasteiger partial charge in [-0.25, -0.2) is 0 Å². The first-order chi connectivity index (χ1) is 15.5. The summed E-state index contributed by atoms with van der Waals surface area (Å²) in [5.74, 6) is 2.91. The van der Waals surface area contributed by atoms with E-state index in [1.54, 1.807) is 7.11 Å². The first-order valence-electron chi connectivity index (χ1n) is 11.4. The second-order valence-electron chi connectivity index (χ2n) is 8.98. The Kier molecular flexibility index (Phi) is 5.88. The van der Waals surface area contributed by atoms with Gasteiger partial charge in [-0.2, -0.15) is 0 Å². The van der Waals surface area contributed by atoms with Crippen molar-refractivity contribution in [3.63, 3.8) is 0 Å². The fraction of sp³-hybridized carbons (Fsp3) is 0.520. The fourth-order valence-corrected chi connectivity index (χ4v) is 4.93. The Morgan fingerprint density at radius 3 is 2.59 bits per heavy atom. The van der Waals surface area contributed by atoms with Crippen LogP contribution in [0.15, 0.2) is 36.4 Å². The SMILES string of the molecule is COc1ccc2c(c1)[C@H](O)CC1(CCN(C[C@@H](O)c3ccc4c(c3)OCCCO4)CC1)O2. The van der Waals surface area contributed by atoms with Crippen LogP contribution in [0.4, 0.5) is 0 Å². The number of methoxy groups -OCH3 is 1. The summed E-state index contributed by atoms with van der Waals surface area (Å²) in [6, 6.07) is 11.3. The molecule has 2 aromatic rings. The van der Waals surface area contributed by atoms with Crippen LogP contribution in [0.25, 0.3) is 0 Å². The highest BCUT2D eigenvalue weighted by molar-refractivity contribution is 5.45. The molecule has 1 fully saturated rings. The number of β-amino-alcohol motifs (C(OH)–C–C–N with tert-alkyl or cyclic N) is 1. The number of piperidine rings is 1. The number of hydrogen-bond donors (Lipinski definition) is 2. The van der Waals surface area contributed by atoms with Crippen LogP contribution in [0.2, 0.25) is 0 Å². The minimum Gasteiger partial charge on any atom is -0.497 e. The lowest BCUT2D eigenvalue weighted by atomic mass is 9.81. The maximum Gasteiger partial charge on any atom is 0.161 e. The summed E-state index contributed by atoms with van der Waals surface area (Å²) in [5, 5.41) is 21.6. The van der Waals surface area contributed by atoms with Gasteiger partial charge in [-0.1, -0.05) is 6.07 Å². The van der Waals surface area contributed by atoms with Gasteiger partial charge in [0.25, 0.3) is 0 Å². The molecule has 0 unspecified atom stereocenters. The van der Waals surface area contributed by atoms with Gasteiger partial charge in [0.1, 0.15) is 17.1 Å². The average molecular weight is 442 g/mol. The standard InChI is InChI=1S/C25H31NO6/c1-29-18-4-6-22-19(14-18)20(27)15-25(32-22)7-9-26(10-8-25)16-21(28)17-3-5-23-24(13-17)31-12-2-11-30-23/h3-6,13-14,20-21,27-28H,2,7-12,15-16H2,1H3/t20-,21-/m1/s1. The molecule has 32 heavy (non-hydrogen) atoms. The summed E-state index contributed by atoms with van der Waals surface area (Å²) >= 11 is 0. The van der Waals surface area contributed by atoms with Gasteiger partial charge in [-0.3, -0.25) is 0 Å². The van der Waals surface area contributed by atoms with Crippen molar-refractivity contribution in [2.75, 3.05) is 40.0 Å². The summed E-state index contributed by atoms with van der Waals surface area (Å²) in [6.45, 7) is 3.44. The zero-order chi connectivity index (χ0) is 22.1. The Bertz CT molecular complexity index is 955. The van der Waals surface area contributed by atoms with Crippen LogP contribution >= 0.6 is 0 Å². The number of aliphatic hydroxyl groups excluding tert-OH is 2. The minimum absolute atomic E-state index is 0.363. The highest BCUT2D eigenvalue weighted by Crippen LogP contribution is 2.45. The molecule has 0 saturated carbocycles. The Morgan fingerprint density at radius 1 is 1.06 bits per heavy atom. The Morgan fingerprint density at radius 2 is 1.81 bits per heavy atom. The number of likely N-dealkylation sites (tertiary alicyclic amines) is 1. The monoisotopic (exact) mass is 441 g/mol. The summed E-state index contributed by atoms with van der Waals surface area (Å²) in [4.78, 5) is 2.26. The number of rotatable bonds is 4. The molecular formula is C25H31NO6. The second kappa shape index (κ2) is 8.81. The van der Waals surface area contributed by atoms with Crippen LogP contribution in [0.1, 0.15) is 49.0 Å². The summed E-state index contributed by atoms with van der Waals surface area (Å²) in [7, 11) is 1.62. The predicted octanol–water partition coefficient (Wildman–Crippen LogP) is 3.24. The van der Waals surface area contributed by atoms with Crippen molar-refractivity contribution in [2.45, 2.75) is 43.5 Å². The molecule has 0 aliphatic carbocycles. The van der Waals surface area contributed by atoms with E-state index in [4.69, 9.17) is 18.9 Å². The van der Waals surface area contributed by atoms with E-state index in [2.05, 4.69) is 4.90 Å². The van der Waals surface area contributed by atoms with Crippen LogP contribution in [-0.4, -0.2) is 60.7 Å². The lowest BCUT2D eigenvalue weighted by Crippen LogP contribution is -2.51. The molecule has 3 aliphatic heterocycles. The fourth-order valence-electron chi connectivity index (χ4n) is 4.93. The molecule has 2 N–H and O–H groups in total. The van der Waals surface area contributed by atoms with Crippen LogP contribution in [-0.2, 0) is 0 Å². The van der Waals surface area contributed by atoms with E-state index < -0.39 is 12.2 Å². The predicted molar refractivity (Wildman–Crippen MR) is 119 cm³/mol. The van der Waals surface area contributed by atoms with E-state index in [-0.39, 0.29) is 5.60 Å². The van der Waals surface area contributed by atoms with E-state index in [0.717, 1.165) is 60.7 Å². The van der Waals surface area contributed by atoms with Gasteiger partial charge >= 0.3 is 0 Å². The van der Waals surface area contributed by atoms with Crippen molar-refractivity contribution >= 4 is 0 Å². The lowest BCUT2D eigenvalue weighted by molar-refractivity contribution is -0.0588. The average Bonchev–Trinajstić information content (AvgIpc) is 3.05. The third kappa shape index (κ3) is 4.25. The van der Waals surface area contributed by atoms with Crippen molar-refractivity contribution in [1.82, 2.24) is 4.90 Å². The quantitative estimate of drug-likeness (QED) is 0.754. The number of nitrogens with zero attached hydrogens (tertiary/aromatic N) is 1. The van der Waals surface area contributed by atoms with Gasteiger partial charge < -0.3 is 34.1 Å². The Labute approximate surface area is 188 Å². The highest BCUT2D eigenvalue weighted by Gasteiger charge is 2.43. The number of hydrogen-bond acceptors (Lipinski definition) is 7. The zero-order valence-electron chi connectivity index (χ0n) is 18.5. The third-order valence-electron chi connectivity index (χ3n) is 6.82. The van der Waals surface area contributed by atoms with Gasteiger partial charge in [-0.15, -0.1) is 0 Å². The van der Waals surface area contributed by atoms with Crippen molar-refractivity contribution in [1.29, 1.82) is 0 Å². The van der Waals surface area contributed by atoms with Crippen LogP contribution in [0.5, 0.6) is 23.0 Å². The first kappa shape index (κ1) is 21.4. The van der Waals surface area contributed by atoms with Crippen molar-refractivity contribution in [2.24, 2.45) is 0 Å². The van der Waals surface area contributed by atoms with Crippen LogP contribution in [0.3, 0.4) is 0 Å². The Hall–Kier alpha value is -2.48. The largest absolute Gasteiger partial charge is 0.497 e. The molecule has 0 amide bonds. The van der Waals surface area contributed by atoms with Crippen molar-refractivity contribution < 1.29 is 29.2 Å². The summed E-state index contributed by atoms with van der Waals surface area (Å²) < 4.78 is 23.1. The molecule has 1 spiro atoms. The van der Waals surface area contributed by atoms with Crippen molar-refractivity contribution in [3.05, 3.63) is 47.5 Å². The topological polar surface area (TPSA) is 80.6 Å². The molecule has 2 atom stereocenters. The minimum atomic E-state index is -0.604. The molecule has 172 valence electrons. The van der Waals surface area contributed by atoms with Gasteiger partial charge in [0, 0.05) is 38.0 Å². The van der Waals surface area contributed by atoms with Gasteiger partial charge in [-0.05, 0) is 48.7 Å². The molecule has 0 aromatic heterocycles. The number of aliphatic hydroxyl groups is 2. The maximum atomic E-state index is 10.8. The van der Waals surface area contributed by atoms with E-state index in [9.17, 15) is 10.2 Å². The molecule has 0 bridgehead atoms. The van der Waals surface area contributed by atoms with Crippen LogP contribution in [0, 0.1) is 0 Å². The molecule has 2 aromatic carbocycles. The molecule has 3 aliphatic rings. The summed E-state index contributed by atoms with van der Waals surface area (Å²) in [6.07, 6.45) is 1.88. The molecule has 7 heteroatoms. The highest BCUT2D eigenvalue weighted by atomic mass is 16.5. The molecule has 1 saturated heterocycles. The normalized spacial score (nSPS) is 23.0. The van der Waals surface area contributed by atoms with Crippen LogP contribution < -0.4 is 18.9 Å². The lowest BCUT2D eigenvalue weighted by Gasteiger charge is -2.46. The maximum absolute atomic E-state index is 10.8. The molecule has 5 rings (SSSR count). The zero-order valence-corrected chi connectivity index (χ0v) is 18.5. The second-order valence-corrected chi connectivity index (χ2v) is 8.98. The number of ether oxygens (including phenoxy) is 4. The van der Waals surface area contributed by atoms with Crippen molar-refractivity contribution in [3.8, 4) is 23.0 Å². The third-order valence-corrected chi connectivity index (χ3v) is 6.82. The Balaban J connectivity index is 1.21. The molecule has 3 heterocycles. The van der Waals surface area contributed by atoms with Gasteiger partial charge in [0.15, 0.2) is 11.5 Å². The van der Waals surface area contributed by atoms with Gasteiger partial charge in [0.2, 0.25) is 0 Å². The summed E-state index contributed by atoms with van der Waals surface area (Å²) in [5.41, 5.74) is 1.27. The van der Waals surface area contributed by atoms with E-state index >= 15 is 0 Å². The molecular weight excluding hydrogens is 410 g/mol. The number of fused-ring (bicyclic) bond motifs is 2. The first-order valence-corrected chi connectivity index (χ1v) is 11.4. The number of benzene rings is 2. The molecule has 7 nitrogen and oxygen atoms in total. The smallest absolute Gasteiger partial charge is 0.161 e. The van der Waals surface area contributed by atoms with E-state index in [0.29, 0.717) is 31.9 Å². The molecule has 0 radical (unpaired) electrons.